The summed E-state index contributed by atoms with van der Waals surface area (Å²) in [4.78, 5) is 79.9. The molecule has 0 aliphatic rings. The van der Waals surface area contributed by atoms with Crippen molar-refractivity contribution >= 4 is 34.9 Å². The number of hydrogen-bond acceptors (Lipinski definition) is 10. The molecule has 0 saturated heterocycles. The summed E-state index contributed by atoms with van der Waals surface area (Å²) in [6.45, 7) is -0.115. The highest BCUT2D eigenvalue weighted by Gasteiger charge is 2.35. The lowest BCUT2D eigenvalue weighted by Gasteiger charge is -2.17. The molecule has 0 radical (unpaired) electrons. The van der Waals surface area contributed by atoms with E-state index in [9.17, 15) is 28.8 Å². The van der Waals surface area contributed by atoms with Crippen molar-refractivity contribution in [2.75, 3.05) is 41.5 Å². The van der Waals surface area contributed by atoms with Crippen molar-refractivity contribution in [3.05, 3.63) is 119 Å². The molecule has 0 bridgehead atoms. The van der Waals surface area contributed by atoms with E-state index in [1.54, 1.807) is 72.8 Å². The fraction of sp³-hybridized carbons (Fsp3) is 0.231. The zero-order chi connectivity index (χ0) is 36.9. The van der Waals surface area contributed by atoms with Crippen LogP contribution in [0, 0.1) is 0 Å². The van der Waals surface area contributed by atoms with Crippen LogP contribution in [0.1, 0.15) is 50.1 Å². The van der Waals surface area contributed by atoms with Gasteiger partial charge in [-0.3, -0.25) is 28.8 Å². The maximum Gasteiger partial charge on any atom is 0.288 e. The number of hydrogen-bond donors (Lipinski definition) is 2. The molecule has 51 heavy (non-hydrogen) atoms. The first-order valence-corrected chi connectivity index (χ1v) is 15.9. The number of rotatable bonds is 18. The summed E-state index contributed by atoms with van der Waals surface area (Å²) in [7, 11) is 5.93. The summed E-state index contributed by atoms with van der Waals surface area (Å²) >= 11 is 0. The third-order valence-electron chi connectivity index (χ3n) is 8.07. The zero-order valence-corrected chi connectivity index (χ0v) is 28.6. The zero-order valence-electron chi connectivity index (χ0n) is 28.6. The molecule has 12 heteroatoms. The molecule has 264 valence electrons. The van der Waals surface area contributed by atoms with Crippen LogP contribution in [0.4, 0.5) is 0 Å². The molecule has 0 aliphatic heterocycles. The van der Waals surface area contributed by atoms with E-state index in [0.717, 1.165) is 0 Å². The van der Waals surface area contributed by atoms with Crippen molar-refractivity contribution in [3.8, 4) is 23.0 Å². The monoisotopic (exact) mass is 694 g/mol. The first-order chi connectivity index (χ1) is 24.6. The van der Waals surface area contributed by atoms with Crippen molar-refractivity contribution < 1.29 is 47.7 Å². The number of methoxy groups -OCH3 is 4. The van der Waals surface area contributed by atoms with Crippen molar-refractivity contribution in [1.82, 2.24) is 10.6 Å². The van der Waals surface area contributed by atoms with Crippen LogP contribution in [0.15, 0.2) is 97.1 Å². The number of carbonyl (C=O) groups is 6. The third-order valence-corrected chi connectivity index (χ3v) is 8.07. The highest BCUT2D eigenvalue weighted by molar-refractivity contribution is 6.44. The molecule has 0 saturated carbocycles. The minimum atomic E-state index is -1.43. The topological polar surface area (TPSA) is 163 Å². The van der Waals surface area contributed by atoms with Crippen LogP contribution in [0.2, 0.25) is 0 Å². The van der Waals surface area contributed by atoms with Gasteiger partial charge in [0, 0.05) is 24.2 Å². The van der Waals surface area contributed by atoms with E-state index in [4.69, 9.17) is 18.9 Å². The fourth-order valence-corrected chi connectivity index (χ4v) is 5.21. The Hall–Kier alpha value is -6.30. The molecular formula is C39H38N2O10. The molecule has 2 N–H and O–H groups in total. The second-order valence-electron chi connectivity index (χ2n) is 11.2. The molecule has 0 heterocycles. The van der Waals surface area contributed by atoms with Gasteiger partial charge in [-0.15, -0.1) is 0 Å². The third kappa shape index (κ3) is 9.44. The molecular weight excluding hydrogens is 656 g/mol. The number of ketones is 4. The minimum Gasteiger partial charge on any atom is -0.497 e. The van der Waals surface area contributed by atoms with Gasteiger partial charge in [-0.1, -0.05) is 24.3 Å². The van der Waals surface area contributed by atoms with E-state index < -0.39 is 46.8 Å². The van der Waals surface area contributed by atoms with Crippen molar-refractivity contribution in [2.45, 2.75) is 18.3 Å². The Kier molecular flexibility index (Phi) is 13.2. The van der Waals surface area contributed by atoms with Crippen LogP contribution >= 0.6 is 0 Å². The Balaban J connectivity index is 1.39. The van der Waals surface area contributed by atoms with E-state index in [1.807, 2.05) is 0 Å². The lowest BCUT2D eigenvalue weighted by molar-refractivity contribution is -0.138. The Morgan fingerprint density at radius 3 is 1.00 bits per heavy atom. The number of nitrogens with one attached hydrogen (secondary N) is 2. The van der Waals surface area contributed by atoms with Crippen LogP contribution in [0.5, 0.6) is 23.0 Å². The number of Topliss-reactive ketones (excluding diaryl/α,β-unsaturated/α-hetero) is 4. The molecule has 2 atom stereocenters. The molecule has 0 fully saturated rings. The van der Waals surface area contributed by atoms with E-state index in [2.05, 4.69) is 10.6 Å². The van der Waals surface area contributed by atoms with Gasteiger partial charge < -0.3 is 29.6 Å². The van der Waals surface area contributed by atoms with Crippen LogP contribution in [-0.2, 0) is 19.2 Å². The number of carbonyl (C=O) groups excluding carboxylic acids is 6. The summed E-state index contributed by atoms with van der Waals surface area (Å²) in [5.74, 6) is -5.91. The maximum absolute atomic E-state index is 13.5. The summed E-state index contributed by atoms with van der Waals surface area (Å²) in [5.41, 5.74) is 1.03. The minimum absolute atomic E-state index is 0.0577. The average molecular weight is 695 g/mol. The van der Waals surface area contributed by atoms with Gasteiger partial charge in [-0.25, -0.2) is 0 Å². The molecule has 0 aliphatic carbocycles. The Labute approximate surface area is 295 Å². The summed E-state index contributed by atoms with van der Waals surface area (Å²) in [6, 6.07) is 24.9. The summed E-state index contributed by atoms with van der Waals surface area (Å²) < 4.78 is 20.7. The van der Waals surface area contributed by atoms with Gasteiger partial charge in [-0.05, 0) is 90.3 Å². The Bertz CT molecular complexity index is 1720. The van der Waals surface area contributed by atoms with Crippen LogP contribution in [0.25, 0.3) is 0 Å². The van der Waals surface area contributed by atoms with Gasteiger partial charge >= 0.3 is 0 Å². The van der Waals surface area contributed by atoms with Gasteiger partial charge in [0.15, 0.2) is 11.6 Å². The van der Waals surface area contributed by atoms with Crippen molar-refractivity contribution in [2.24, 2.45) is 0 Å². The molecule has 4 aromatic carbocycles. The van der Waals surface area contributed by atoms with Gasteiger partial charge in [0.05, 0.1) is 28.4 Å². The van der Waals surface area contributed by atoms with Gasteiger partial charge in [0.2, 0.25) is 11.6 Å². The smallest absolute Gasteiger partial charge is 0.288 e. The average Bonchev–Trinajstić information content (AvgIpc) is 3.18. The standard InChI is InChI=1S/C39H38N2O10/c1-48-28-14-6-24(7-15-28)32(34(42)26-10-18-30(50-3)19-11-26)36(44)38(46)40-22-5-23-41-39(47)37(45)33(25-8-16-29(49-2)17-9-25)35(43)27-12-20-31(51-4)21-13-27/h6-21,32-33H,5,22-23H2,1-4H3,(H,40,46)(H,41,47). The summed E-state index contributed by atoms with van der Waals surface area (Å²) in [5, 5.41) is 4.99. The maximum atomic E-state index is 13.5. The van der Waals surface area contributed by atoms with Gasteiger partial charge in [0.1, 0.15) is 34.8 Å². The van der Waals surface area contributed by atoms with Gasteiger partial charge in [0.25, 0.3) is 11.8 Å². The van der Waals surface area contributed by atoms with E-state index >= 15 is 0 Å². The highest BCUT2D eigenvalue weighted by Crippen LogP contribution is 2.27. The van der Waals surface area contributed by atoms with Crippen molar-refractivity contribution in [3.63, 3.8) is 0 Å². The lowest BCUT2D eigenvalue weighted by atomic mass is 9.86. The largest absolute Gasteiger partial charge is 0.497 e. The first-order valence-electron chi connectivity index (χ1n) is 15.9. The SMILES string of the molecule is COc1ccc(C(=O)C(C(=O)C(=O)NCCCNC(=O)C(=O)C(C(=O)c2ccc(OC)cc2)c2ccc(OC)cc2)c2ccc(OC)cc2)cc1. The Morgan fingerprint density at radius 2 is 0.725 bits per heavy atom. The molecule has 2 amide bonds. The number of benzene rings is 4. The van der Waals surface area contributed by atoms with Crippen molar-refractivity contribution in [1.29, 1.82) is 0 Å². The molecule has 2 unspecified atom stereocenters. The Morgan fingerprint density at radius 1 is 0.451 bits per heavy atom. The molecule has 12 nitrogen and oxygen atoms in total. The molecule has 0 aromatic heterocycles. The number of amides is 2. The summed E-state index contributed by atoms with van der Waals surface area (Å²) in [6.07, 6.45) is 0.136. The predicted molar refractivity (Wildman–Crippen MR) is 187 cm³/mol. The van der Waals surface area contributed by atoms with Gasteiger partial charge in [-0.2, -0.15) is 0 Å². The molecule has 4 aromatic rings. The molecule has 0 spiro atoms. The van der Waals surface area contributed by atoms with E-state index in [-0.39, 0.29) is 30.6 Å². The second-order valence-corrected chi connectivity index (χ2v) is 11.2. The molecule has 4 rings (SSSR count). The quantitative estimate of drug-likeness (QED) is 0.0671. The first kappa shape index (κ1) is 37.5. The number of ether oxygens (including phenoxy) is 4. The fourth-order valence-electron chi connectivity index (χ4n) is 5.21. The van der Waals surface area contributed by atoms with E-state index in [0.29, 0.717) is 34.1 Å². The van der Waals surface area contributed by atoms with Crippen LogP contribution < -0.4 is 29.6 Å². The lowest BCUT2D eigenvalue weighted by Crippen LogP contribution is -2.40. The highest BCUT2D eigenvalue weighted by atomic mass is 16.5. The van der Waals surface area contributed by atoms with Crippen LogP contribution in [0.3, 0.4) is 0 Å². The normalized spacial score (nSPS) is 11.7. The predicted octanol–water partition coefficient (Wildman–Crippen LogP) is 4.11. The van der Waals surface area contributed by atoms with Crippen LogP contribution in [-0.4, -0.2) is 76.5 Å². The van der Waals surface area contributed by atoms with E-state index in [1.165, 1.54) is 52.7 Å². The second kappa shape index (κ2) is 17.9.